The second kappa shape index (κ2) is 2.60. The molecular formula is C9H10N2OS. The molecule has 0 radical (unpaired) electrons. The molecule has 1 aromatic carbocycles. The molecule has 0 spiro atoms. The summed E-state index contributed by atoms with van der Waals surface area (Å²) in [4.78, 5) is 4.20. The lowest BCUT2D eigenvalue weighted by atomic mass is 10.1. The van der Waals surface area contributed by atoms with E-state index in [0.717, 1.165) is 21.3 Å². The fraction of sp³-hybridized carbons (Fsp3) is 0.222. The van der Waals surface area contributed by atoms with Crippen molar-refractivity contribution < 1.29 is 5.11 Å². The van der Waals surface area contributed by atoms with Gasteiger partial charge in [-0.15, -0.1) is 0 Å². The largest absolute Gasteiger partial charge is 0.508 e. The van der Waals surface area contributed by atoms with Crippen LogP contribution in [-0.2, 0) is 0 Å². The van der Waals surface area contributed by atoms with Gasteiger partial charge >= 0.3 is 0 Å². The number of nitrogens with zero attached hydrogens (tertiary/aromatic N) is 1. The van der Waals surface area contributed by atoms with E-state index in [1.165, 1.54) is 11.3 Å². The van der Waals surface area contributed by atoms with Crippen molar-refractivity contribution in [3.63, 3.8) is 0 Å². The van der Waals surface area contributed by atoms with E-state index in [1.807, 2.05) is 13.8 Å². The van der Waals surface area contributed by atoms with Crippen LogP contribution >= 0.6 is 11.3 Å². The second-order valence-electron chi connectivity index (χ2n) is 3.04. The lowest BCUT2D eigenvalue weighted by Gasteiger charge is -2.02. The molecule has 2 aromatic rings. The minimum atomic E-state index is 0.314. The van der Waals surface area contributed by atoms with Crippen molar-refractivity contribution in [1.82, 2.24) is 4.98 Å². The van der Waals surface area contributed by atoms with E-state index in [1.54, 1.807) is 6.07 Å². The number of benzene rings is 1. The van der Waals surface area contributed by atoms with Crippen LogP contribution < -0.4 is 5.73 Å². The first-order chi connectivity index (χ1) is 6.09. The fourth-order valence-electron chi connectivity index (χ4n) is 1.32. The van der Waals surface area contributed by atoms with Gasteiger partial charge in [0.05, 0.1) is 10.2 Å². The molecule has 0 aliphatic rings. The smallest absolute Gasteiger partial charge is 0.181 e. The first kappa shape index (κ1) is 8.31. The lowest BCUT2D eigenvalue weighted by molar-refractivity contribution is 0.471. The molecule has 3 N–H and O–H groups in total. The number of rotatable bonds is 0. The topological polar surface area (TPSA) is 59.1 Å². The molecule has 3 nitrogen and oxygen atoms in total. The highest BCUT2D eigenvalue weighted by molar-refractivity contribution is 7.22. The summed E-state index contributed by atoms with van der Waals surface area (Å²) >= 11 is 1.40. The summed E-state index contributed by atoms with van der Waals surface area (Å²) in [7, 11) is 0. The van der Waals surface area contributed by atoms with Crippen LogP contribution in [0, 0.1) is 13.8 Å². The fourth-order valence-corrected chi connectivity index (χ4v) is 2.15. The van der Waals surface area contributed by atoms with Crippen molar-refractivity contribution in [3.8, 4) is 5.75 Å². The van der Waals surface area contributed by atoms with Crippen LogP contribution in [0.15, 0.2) is 6.07 Å². The normalized spacial score (nSPS) is 10.9. The predicted molar refractivity (Wildman–Crippen MR) is 55.2 cm³/mol. The summed E-state index contributed by atoms with van der Waals surface area (Å²) in [5, 5.41) is 10.1. The molecule has 0 amide bonds. The van der Waals surface area contributed by atoms with Gasteiger partial charge in [-0.1, -0.05) is 11.3 Å². The number of phenols is 1. The summed E-state index contributed by atoms with van der Waals surface area (Å²) in [6, 6.07) is 1.71. The molecule has 1 heterocycles. The average molecular weight is 194 g/mol. The van der Waals surface area contributed by atoms with Gasteiger partial charge in [0.25, 0.3) is 0 Å². The van der Waals surface area contributed by atoms with Gasteiger partial charge in [-0.3, -0.25) is 0 Å². The van der Waals surface area contributed by atoms with Gasteiger partial charge < -0.3 is 10.8 Å². The average Bonchev–Trinajstić information content (AvgIpc) is 2.42. The SMILES string of the molecule is Cc1c(O)cc2sc(N)nc2c1C. The molecule has 0 aliphatic heterocycles. The van der Waals surface area contributed by atoms with Crippen LogP contribution in [0.25, 0.3) is 10.2 Å². The van der Waals surface area contributed by atoms with Crippen molar-refractivity contribution in [2.24, 2.45) is 0 Å². The highest BCUT2D eigenvalue weighted by Crippen LogP contribution is 2.33. The maximum atomic E-state index is 9.55. The molecule has 0 saturated heterocycles. The van der Waals surface area contributed by atoms with Crippen LogP contribution in [0.2, 0.25) is 0 Å². The van der Waals surface area contributed by atoms with Crippen LogP contribution in [0.3, 0.4) is 0 Å². The van der Waals surface area contributed by atoms with Gasteiger partial charge in [0.2, 0.25) is 0 Å². The number of aromatic hydroxyl groups is 1. The number of aryl methyl sites for hydroxylation is 1. The van der Waals surface area contributed by atoms with Gasteiger partial charge in [-0.2, -0.15) is 0 Å². The molecule has 0 unspecified atom stereocenters. The van der Waals surface area contributed by atoms with E-state index in [-0.39, 0.29) is 0 Å². The molecule has 0 fully saturated rings. The van der Waals surface area contributed by atoms with Gasteiger partial charge in [0, 0.05) is 0 Å². The molecule has 0 bridgehead atoms. The lowest BCUT2D eigenvalue weighted by Crippen LogP contribution is -1.85. The number of hydrogen-bond donors (Lipinski definition) is 2. The van der Waals surface area contributed by atoms with Crippen LogP contribution in [0.5, 0.6) is 5.75 Å². The minimum absolute atomic E-state index is 0.314. The molecule has 13 heavy (non-hydrogen) atoms. The Labute approximate surface area is 79.8 Å². The highest BCUT2D eigenvalue weighted by atomic mass is 32.1. The third kappa shape index (κ3) is 1.14. The zero-order valence-electron chi connectivity index (χ0n) is 7.46. The standard InChI is InChI=1S/C9H10N2OS/c1-4-5(2)8-7(3-6(4)12)13-9(10)11-8/h3,12H,1-2H3,(H2,10,11). The van der Waals surface area contributed by atoms with Gasteiger partial charge in [-0.25, -0.2) is 4.98 Å². The first-order valence-corrected chi connectivity index (χ1v) is 4.76. The molecule has 2 rings (SSSR count). The molecule has 0 aliphatic carbocycles. The maximum absolute atomic E-state index is 9.55. The van der Waals surface area contributed by atoms with Crippen molar-refractivity contribution >= 4 is 26.7 Å². The van der Waals surface area contributed by atoms with Gasteiger partial charge in [-0.05, 0) is 31.0 Å². The number of fused-ring (bicyclic) bond motifs is 1. The predicted octanol–water partition coefficient (Wildman–Crippen LogP) is 2.20. The van der Waals surface area contributed by atoms with E-state index >= 15 is 0 Å². The van der Waals surface area contributed by atoms with E-state index < -0.39 is 0 Å². The molecular weight excluding hydrogens is 184 g/mol. The molecule has 68 valence electrons. The number of thiazole rings is 1. The van der Waals surface area contributed by atoms with Gasteiger partial charge in [0.15, 0.2) is 5.13 Å². The Morgan fingerprint density at radius 3 is 2.77 bits per heavy atom. The van der Waals surface area contributed by atoms with E-state index in [9.17, 15) is 5.11 Å². The number of nitrogen functional groups attached to an aromatic ring is 1. The number of nitrogens with two attached hydrogens (primary N) is 1. The zero-order valence-corrected chi connectivity index (χ0v) is 8.27. The number of hydrogen-bond acceptors (Lipinski definition) is 4. The Balaban J connectivity index is 2.92. The summed E-state index contributed by atoms with van der Waals surface area (Å²) < 4.78 is 0.943. The second-order valence-corrected chi connectivity index (χ2v) is 4.11. The summed E-state index contributed by atoms with van der Waals surface area (Å²) in [6.07, 6.45) is 0. The summed E-state index contributed by atoms with van der Waals surface area (Å²) in [5.41, 5.74) is 8.36. The Bertz CT molecular complexity index is 476. The van der Waals surface area contributed by atoms with Crippen molar-refractivity contribution in [2.75, 3.05) is 5.73 Å². The Kier molecular flexibility index (Phi) is 1.66. The molecule has 0 saturated carbocycles. The maximum Gasteiger partial charge on any atom is 0.181 e. The molecule has 1 aromatic heterocycles. The number of anilines is 1. The summed E-state index contributed by atoms with van der Waals surface area (Å²) in [5.74, 6) is 0.314. The van der Waals surface area contributed by atoms with Gasteiger partial charge in [0.1, 0.15) is 5.75 Å². The van der Waals surface area contributed by atoms with Crippen molar-refractivity contribution in [2.45, 2.75) is 13.8 Å². The molecule has 4 heteroatoms. The third-order valence-corrected chi connectivity index (χ3v) is 3.07. The third-order valence-electron chi connectivity index (χ3n) is 2.24. The van der Waals surface area contributed by atoms with Crippen LogP contribution in [0.1, 0.15) is 11.1 Å². The quantitative estimate of drug-likeness (QED) is 0.676. The monoisotopic (exact) mass is 194 g/mol. The van der Waals surface area contributed by atoms with E-state index in [4.69, 9.17) is 5.73 Å². The van der Waals surface area contributed by atoms with Crippen LogP contribution in [-0.4, -0.2) is 10.1 Å². The highest BCUT2D eigenvalue weighted by Gasteiger charge is 2.09. The molecule has 0 atom stereocenters. The van der Waals surface area contributed by atoms with E-state index in [2.05, 4.69) is 4.98 Å². The van der Waals surface area contributed by atoms with E-state index in [0.29, 0.717) is 10.9 Å². The zero-order chi connectivity index (χ0) is 9.59. The summed E-state index contributed by atoms with van der Waals surface area (Å²) in [6.45, 7) is 3.82. The minimum Gasteiger partial charge on any atom is -0.508 e. The Morgan fingerprint density at radius 2 is 2.08 bits per heavy atom. The Morgan fingerprint density at radius 1 is 1.38 bits per heavy atom. The Hall–Kier alpha value is -1.29. The van der Waals surface area contributed by atoms with Crippen molar-refractivity contribution in [1.29, 1.82) is 0 Å². The number of phenolic OH excluding ortho intramolecular Hbond substituents is 1. The number of aromatic nitrogens is 1. The van der Waals surface area contributed by atoms with Crippen LogP contribution in [0.4, 0.5) is 5.13 Å². The first-order valence-electron chi connectivity index (χ1n) is 3.95. The van der Waals surface area contributed by atoms with Crippen molar-refractivity contribution in [3.05, 3.63) is 17.2 Å².